The first kappa shape index (κ1) is 14.9. The molecule has 0 aliphatic carbocycles. The molecule has 22 heavy (non-hydrogen) atoms. The molecule has 0 amide bonds. The summed E-state index contributed by atoms with van der Waals surface area (Å²) in [5.41, 5.74) is 3.48. The van der Waals surface area contributed by atoms with Gasteiger partial charge in [-0.1, -0.05) is 6.07 Å². The van der Waals surface area contributed by atoms with E-state index in [0.29, 0.717) is 6.04 Å². The number of pyridine rings is 1. The Bertz CT molecular complexity index is 623. The van der Waals surface area contributed by atoms with Gasteiger partial charge in [0, 0.05) is 26.8 Å². The number of hydrogen-bond donors (Lipinski definition) is 0. The number of aryl methyl sites for hydroxylation is 1. The summed E-state index contributed by atoms with van der Waals surface area (Å²) in [6.45, 7) is 4.10. The minimum absolute atomic E-state index is 0.352. The Morgan fingerprint density at radius 3 is 2.77 bits per heavy atom. The van der Waals surface area contributed by atoms with Crippen LogP contribution < -0.4 is 4.90 Å². The van der Waals surface area contributed by atoms with Crippen molar-refractivity contribution in [2.75, 3.05) is 25.5 Å². The van der Waals surface area contributed by atoms with E-state index in [2.05, 4.69) is 39.1 Å². The van der Waals surface area contributed by atoms with Gasteiger partial charge < -0.3 is 4.90 Å². The lowest BCUT2D eigenvalue weighted by Crippen LogP contribution is -2.25. The van der Waals surface area contributed by atoms with Crippen LogP contribution in [-0.2, 0) is 6.54 Å². The van der Waals surface area contributed by atoms with Crippen LogP contribution in [0.5, 0.6) is 0 Å². The molecule has 0 aromatic carbocycles. The van der Waals surface area contributed by atoms with E-state index in [-0.39, 0.29) is 0 Å². The highest BCUT2D eigenvalue weighted by Gasteiger charge is 2.28. The highest BCUT2D eigenvalue weighted by Crippen LogP contribution is 2.32. The maximum atomic E-state index is 4.52. The lowest BCUT2D eigenvalue weighted by Gasteiger charge is -2.24. The molecule has 2 aromatic heterocycles. The van der Waals surface area contributed by atoms with E-state index in [1.807, 2.05) is 37.3 Å². The molecule has 1 atom stereocenters. The van der Waals surface area contributed by atoms with Gasteiger partial charge in [-0.25, -0.2) is 0 Å². The minimum Gasteiger partial charge on any atom is -0.361 e. The van der Waals surface area contributed by atoms with Gasteiger partial charge in [0.2, 0.25) is 0 Å². The van der Waals surface area contributed by atoms with Crippen LogP contribution in [0.25, 0.3) is 0 Å². The Kier molecular flexibility index (Phi) is 4.34. The van der Waals surface area contributed by atoms with Crippen molar-refractivity contribution >= 4 is 5.82 Å². The summed E-state index contributed by atoms with van der Waals surface area (Å²) in [7, 11) is 3.96. The predicted molar refractivity (Wildman–Crippen MR) is 87.7 cm³/mol. The number of likely N-dealkylation sites (tertiary alicyclic amines) is 1. The first-order chi connectivity index (χ1) is 10.6. The zero-order valence-electron chi connectivity index (χ0n) is 13.5. The maximum absolute atomic E-state index is 4.52. The maximum Gasteiger partial charge on any atom is 0.150 e. The van der Waals surface area contributed by atoms with E-state index in [1.54, 1.807) is 0 Å². The third kappa shape index (κ3) is 3.09. The molecule has 2 aromatic rings. The van der Waals surface area contributed by atoms with Gasteiger partial charge in [0.25, 0.3) is 0 Å². The SMILES string of the molecule is Cc1cccnc1CN1CCCC1c1ccc(N(C)C)nn1. The fourth-order valence-electron chi connectivity index (χ4n) is 2.98. The van der Waals surface area contributed by atoms with Gasteiger partial charge in [0.1, 0.15) is 0 Å². The molecule has 116 valence electrons. The van der Waals surface area contributed by atoms with E-state index in [1.165, 1.54) is 12.0 Å². The summed E-state index contributed by atoms with van der Waals surface area (Å²) >= 11 is 0. The lowest BCUT2D eigenvalue weighted by molar-refractivity contribution is 0.240. The van der Waals surface area contributed by atoms with Crippen LogP contribution >= 0.6 is 0 Å². The van der Waals surface area contributed by atoms with E-state index in [9.17, 15) is 0 Å². The zero-order valence-corrected chi connectivity index (χ0v) is 13.5. The second-order valence-corrected chi connectivity index (χ2v) is 6.11. The Hall–Kier alpha value is -2.01. The number of hydrogen-bond acceptors (Lipinski definition) is 5. The Balaban J connectivity index is 1.77. The molecule has 1 aliphatic rings. The molecule has 3 heterocycles. The van der Waals surface area contributed by atoms with Gasteiger partial charge in [-0.15, -0.1) is 5.10 Å². The number of aromatic nitrogens is 3. The standard InChI is InChI=1S/C17H23N5/c1-13-6-4-10-18-15(13)12-22-11-5-7-16(22)14-8-9-17(20-19-14)21(2)3/h4,6,8-10,16H,5,7,11-12H2,1-3H3. The van der Waals surface area contributed by atoms with Crippen LogP contribution in [0.3, 0.4) is 0 Å². The van der Waals surface area contributed by atoms with E-state index >= 15 is 0 Å². The van der Waals surface area contributed by atoms with Crippen LogP contribution in [0, 0.1) is 6.92 Å². The van der Waals surface area contributed by atoms with Gasteiger partial charge in [-0.05, 0) is 50.1 Å². The van der Waals surface area contributed by atoms with Gasteiger partial charge in [-0.3, -0.25) is 9.88 Å². The number of anilines is 1. The van der Waals surface area contributed by atoms with Crippen molar-refractivity contribution in [2.24, 2.45) is 0 Å². The van der Waals surface area contributed by atoms with E-state index < -0.39 is 0 Å². The molecule has 1 unspecified atom stereocenters. The molecular weight excluding hydrogens is 274 g/mol. The molecular formula is C17H23N5. The van der Waals surface area contributed by atoms with Crippen LogP contribution in [0.4, 0.5) is 5.82 Å². The summed E-state index contributed by atoms with van der Waals surface area (Å²) in [6.07, 6.45) is 4.22. The molecule has 5 heteroatoms. The molecule has 0 saturated carbocycles. The van der Waals surface area contributed by atoms with Gasteiger partial charge in [0.05, 0.1) is 17.4 Å². The van der Waals surface area contributed by atoms with Crippen molar-refractivity contribution in [3.63, 3.8) is 0 Å². The normalized spacial score (nSPS) is 18.6. The molecule has 0 spiro atoms. The van der Waals surface area contributed by atoms with Gasteiger partial charge in [-0.2, -0.15) is 5.10 Å². The molecule has 3 rings (SSSR count). The van der Waals surface area contributed by atoms with Crippen molar-refractivity contribution < 1.29 is 0 Å². The average Bonchev–Trinajstić information content (AvgIpc) is 2.98. The topological polar surface area (TPSA) is 45.2 Å². The van der Waals surface area contributed by atoms with E-state index in [4.69, 9.17) is 0 Å². The van der Waals surface area contributed by atoms with Crippen molar-refractivity contribution in [1.29, 1.82) is 0 Å². The molecule has 1 aliphatic heterocycles. The van der Waals surface area contributed by atoms with Crippen molar-refractivity contribution in [1.82, 2.24) is 20.1 Å². The second kappa shape index (κ2) is 6.40. The first-order valence-corrected chi connectivity index (χ1v) is 7.80. The second-order valence-electron chi connectivity index (χ2n) is 6.11. The Labute approximate surface area is 132 Å². The summed E-state index contributed by atoms with van der Waals surface area (Å²) in [5.74, 6) is 0.897. The number of rotatable bonds is 4. The first-order valence-electron chi connectivity index (χ1n) is 7.80. The zero-order chi connectivity index (χ0) is 15.5. The van der Waals surface area contributed by atoms with Crippen LogP contribution in [0.15, 0.2) is 30.5 Å². The Morgan fingerprint density at radius 2 is 2.09 bits per heavy atom. The third-order valence-corrected chi connectivity index (χ3v) is 4.31. The third-order valence-electron chi connectivity index (χ3n) is 4.31. The summed E-state index contributed by atoms with van der Waals surface area (Å²) in [6, 6.07) is 8.62. The number of nitrogens with zero attached hydrogens (tertiary/aromatic N) is 5. The smallest absolute Gasteiger partial charge is 0.150 e. The summed E-state index contributed by atoms with van der Waals surface area (Å²) in [4.78, 5) is 8.96. The van der Waals surface area contributed by atoms with Crippen molar-refractivity contribution in [3.05, 3.63) is 47.4 Å². The average molecular weight is 297 g/mol. The summed E-state index contributed by atoms with van der Waals surface area (Å²) in [5, 5.41) is 8.76. The molecule has 5 nitrogen and oxygen atoms in total. The molecule has 1 saturated heterocycles. The van der Waals surface area contributed by atoms with Crippen molar-refractivity contribution in [3.8, 4) is 0 Å². The van der Waals surface area contributed by atoms with Gasteiger partial charge >= 0.3 is 0 Å². The fourth-order valence-corrected chi connectivity index (χ4v) is 2.98. The molecule has 0 bridgehead atoms. The Morgan fingerprint density at radius 1 is 1.23 bits per heavy atom. The predicted octanol–water partition coefficient (Wildman–Crippen LogP) is 2.58. The lowest BCUT2D eigenvalue weighted by atomic mass is 10.1. The highest BCUT2D eigenvalue weighted by atomic mass is 15.3. The molecule has 0 radical (unpaired) electrons. The summed E-state index contributed by atoms with van der Waals surface area (Å²) < 4.78 is 0. The van der Waals surface area contributed by atoms with Crippen LogP contribution in [0.1, 0.15) is 35.8 Å². The van der Waals surface area contributed by atoms with Gasteiger partial charge in [0.15, 0.2) is 5.82 Å². The quantitative estimate of drug-likeness (QED) is 0.868. The van der Waals surface area contributed by atoms with Crippen LogP contribution in [-0.4, -0.2) is 40.7 Å². The van der Waals surface area contributed by atoms with E-state index in [0.717, 1.165) is 36.7 Å². The molecule has 0 N–H and O–H groups in total. The fraction of sp³-hybridized carbons (Fsp3) is 0.471. The monoisotopic (exact) mass is 297 g/mol. The minimum atomic E-state index is 0.352. The molecule has 1 fully saturated rings. The highest BCUT2D eigenvalue weighted by molar-refractivity contribution is 5.35. The van der Waals surface area contributed by atoms with Crippen molar-refractivity contribution in [2.45, 2.75) is 32.4 Å². The van der Waals surface area contributed by atoms with Crippen LogP contribution in [0.2, 0.25) is 0 Å². The largest absolute Gasteiger partial charge is 0.361 e.